The number of hydrogen-bond donors (Lipinski definition) is 4. The van der Waals surface area contributed by atoms with Crippen molar-refractivity contribution < 1.29 is 22.8 Å². The van der Waals surface area contributed by atoms with Crippen molar-refractivity contribution in [1.82, 2.24) is 30.0 Å². The average molecular weight is 669 g/mol. The highest BCUT2D eigenvalue weighted by molar-refractivity contribution is 6.07. The lowest BCUT2D eigenvalue weighted by Crippen LogP contribution is -2.31. The Morgan fingerprint density at radius 3 is 2.45 bits per heavy atom. The Balaban J connectivity index is 1.20. The van der Waals surface area contributed by atoms with Gasteiger partial charge < -0.3 is 26.3 Å². The number of amides is 2. The maximum atomic E-state index is 15.7. The second kappa shape index (κ2) is 13.0. The molecule has 0 spiro atoms. The van der Waals surface area contributed by atoms with Crippen LogP contribution in [-0.2, 0) is 6.54 Å². The number of carbonyl (C=O) groups is 2. The van der Waals surface area contributed by atoms with E-state index in [-0.39, 0.29) is 46.4 Å². The van der Waals surface area contributed by atoms with Gasteiger partial charge >= 0.3 is 0 Å². The van der Waals surface area contributed by atoms with E-state index in [1.54, 1.807) is 12.3 Å². The van der Waals surface area contributed by atoms with E-state index in [4.69, 9.17) is 5.73 Å². The van der Waals surface area contributed by atoms with Crippen LogP contribution in [0.2, 0.25) is 0 Å². The third-order valence-electron chi connectivity index (χ3n) is 8.87. The van der Waals surface area contributed by atoms with Crippen molar-refractivity contribution in [3.8, 4) is 33.4 Å². The molecular formula is C35H31F3N8O3. The zero-order chi connectivity index (χ0) is 34.2. The summed E-state index contributed by atoms with van der Waals surface area (Å²) in [6.07, 6.45) is 8.72. The van der Waals surface area contributed by atoms with Crippen LogP contribution in [-0.4, -0.2) is 50.8 Å². The number of halogens is 3. The molecule has 5 aromatic rings. The molecule has 250 valence electrons. The predicted octanol–water partition coefficient (Wildman–Crippen LogP) is 4.75. The topological polar surface area (TPSA) is 149 Å². The zero-order valence-electron chi connectivity index (χ0n) is 26.1. The third kappa shape index (κ3) is 6.18. The molecule has 14 heteroatoms. The summed E-state index contributed by atoms with van der Waals surface area (Å²) < 4.78 is 48.3. The van der Waals surface area contributed by atoms with Gasteiger partial charge in [0, 0.05) is 60.0 Å². The standard InChI is InChI=1S/C35H31F3N8O3/c36-22-4-2-19(3-5-22)30-31-35(49)41-8-1-11-45(31)18-26(32(30)47)34(48)44-29-14-27(37)24(13-28(29)38)25-12-20(15-42-33(25)39)21-16-43-46(17-21)23-6-9-40-10-7-23/h2-5,12-18,23,40H,1,6-11H2,(H2,39,42)(H,41,49)(H,44,48). The maximum Gasteiger partial charge on any atom is 0.268 e. The van der Waals surface area contributed by atoms with Gasteiger partial charge in [0.15, 0.2) is 0 Å². The van der Waals surface area contributed by atoms with E-state index in [2.05, 4.69) is 26.0 Å². The molecule has 5 N–H and O–H groups in total. The highest BCUT2D eigenvalue weighted by Crippen LogP contribution is 2.34. The Morgan fingerprint density at radius 1 is 0.898 bits per heavy atom. The third-order valence-corrected chi connectivity index (χ3v) is 8.87. The van der Waals surface area contributed by atoms with E-state index in [1.165, 1.54) is 29.1 Å². The van der Waals surface area contributed by atoms with E-state index in [0.717, 1.165) is 55.8 Å². The largest absolute Gasteiger partial charge is 0.383 e. The Bertz CT molecular complexity index is 2160. The quantitative estimate of drug-likeness (QED) is 0.204. The monoisotopic (exact) mass is 668 g/mol. The molecule has 2 aromatic carbocycles. The van der Waals surface area contributed by atoms with Crippen LogP contribution >= 0.6 is 0 Å². The molecule has 2 aliphatic rings. The number of anilines is 2. The molecule has 1 saturated heterocycles. The summed E-state index contributed by atoms with van der Waals surface area (Å²) in [6, 6.07) is 8.49. The minimum absolute atomic E-state index is 0.0132. The molecule has 2 amide bonds. The number of carbonyl (C=O) groups excluding carboxylic acids is 2. The van der Waals surface area contributed by atoms with Crippen molar-refractivity contribution in [3.63, 3.8) is 0 Å². The number of rotatable bonds is 6. The van der Waals surface area contributed by atoms with Gasteiger partial charge in [0.1, 0.15) is 34.5 Å². The molecule has 0 bridgehead atoms. The van der Waals surface area contributed by atoms with Gasteiger partial charge in [-0.05, 0) is 62.2 Å². The molecule has 1 fully saturated rings. The zero-order valence-corrected chi connectivity index (χ0v) is 26.1. The first-order valence-corrected chi connectivity index (χ1v) is 15.8. The fourth-order valence-corrected chi connectivity index (χ4v) is 6.31. The Labute approximate surface area is 278 Å². The fraction of sp³-hybridized carbons (Fsp3) is 0.229. The summed E-state index contributed by atoms with van der Waals surface area (Å²) in [5, 5.41) is 12.8. The first-order valence-electron chi connectivity index (χ1n) is 15.8. The highest BCUT2D eigenvalue weighted by Gasteiger charge is 2.27. The van der Waals surface area contributed by atoms with Crippen molar-refractivity contribution in [2.75, 3.05) is 30.7 Å². The van der Waals surface area contributed by atoms with E-state index in [0.29, 0.717) is 18.5 Å². The molecule has 0 atom stereocenters. The van der Waals surface area contributed by atoms with E-state index in [1.807, 2.05) is 10.9 Å². The van der Waals surface area contributed by atoms with Gasteiger partial charge in [0.2, 0.25) is 5.43 Å². The minimum atomic E-state index is -1.02. The van der Waals surface area contributed by atoms with Crippen LogP contribution in [0.4, 0.5) is 24.7 Å². The fourth-order valence-electron chi connectivity index (χ4n) is 6.31. The van der Waals surface area contributed by atoms with Gasteiger partial charge in [-0.3, -0.25) is 19.1 Å². The summed E-state index contributed by atoms with van der Waals surface area (Å²) in [7, 11) is 0. The highest BCUT2D eigenvalue weighted by atomic mass is 19.1. The number of nitrogen functional groups attached to an aromatic ring is 1. The smallest absolute Gasteiger partial charge is 0.268 e. The van der Waals surface area contributed by atoms with Crippen molar-refractivity contribution in [3.05, 3.63) is 106 Å². The number of piperidine rings is 1. The van der Waals surface area contributed by atoms with Crippen LogP contribution in [0.5, 0.6) is 0 Å². The number of benzene rings is 2. The maximum absolute atomic E-state index is 15.7. The van der Waals surface area contributed by atoms with Crippen LogP contribution in [0.3, 0.4) is 0 Å². The number of nitrogens with zero attached hydrogens (tertiary/aromatic N) is 4. The van der Waals surface area contributed by atoms with Crippen LogP contribution in [0.15, 0.2) is 72.0 Å². The van der Waals surface area contributed by atoms with Crippen LogP contribution < -0.4 is 27.1 Å². The number of aromatic nitrogens is 4. The lowest BCUT2D eigenvalue weighted by molar-refractivity contribution is 0.0948. The van der Waals surface area contributed by atoms with Gasteiger partial charge in [0.25, 0.3) is 11.8 Å². The van der Waals surface area contributed by atoms with Crippen molar-refractivity contribution in [1.29, 1.82) is 0 Å². The molecule has 0 saturated carbocycles. The average Bonchev–Trinajstić information content (AvgIpc) is 3.52. The Kier molecular flexibility index (Phi) is 8.46. The second-order valence-electron chi connectivity index (χ2n) is 12.0. The van der Waals surface area contributed by atoms with Gasteiger partial charge in [0.05, 0.1) is 23.5 Å². The first-order chi connectivity index (χ1) is 23.7. The number of aryl methyl sites for hydroxylation is 1. The number of fused-ring (bicyclic) bond motifs is 1. The first kappa shape index (κ1) is 31.8. The number of nitrogens with one attached hydrogen (secondary N) is 3. The molecular weight excluding hydrogens is 637 g/mol. The molecule has 0 radical (unpaired) electrons. The summed E-state index contributed by atoms with van der Waals surface area (Å²) in [4.78, 5) is 44.4. The second-order valence-corrected chi connectivity index (χ2v) is 12.0. The Hall–Kier alpha value is -5.76. The number of nitrogens with two attached hydrogens (primary N) is 1. The van der Waals surface area contributed by atoms with Gasteiger partial charge in [-0.2, -0.15) is 5.10 Å². The molecule has 2 aliphatic heterocycles. The molecule has 0 aliphatic carbocycles. The summed E-state index contributed by atoms with van der Waals surface area (Å²) in [5.74, 6) is -4.01. The minimum Gasteiger partial charge on any atom is -0.383 e. The Morgan fingerprint density at radius 2 is 1.67 bits per heavy atom. The van der Waals surface area contributed by atoms with Gasteiger partial charge in [-0.1, -0.05) is 12.1 Å². The van der Waals surface area contributed by atoms with Gasteiger partial charge in [-0.25, -0.2) is 18.2 Å². The molecule has 7 rings (SSSR count). The molecule has 49 heavy (non-hydrogen) atoms. The molecule has 3 aromatic heterocycles. The van der Waals surface area contributed by atoms with Crippen molar-refractivity contribution in [2.24, 2.45) is 0 Å². The lowest BCUT2D eigenvalue weighted by Gasteiger charge is -2.22. The molecule has 5 heterocycles. The van der Waals surface area contributed by atoms with E-state index < -0.39 is 45.9 Å². The number of pyridine rings is 2. The summed E-state index contributed by atoms with van der Waals surface area (Å²) in [5.41, 5.74) is 5.79. The SMILES string of the molecule is Nc1ncc(-c2cnn(C3CCNCC3)c2)cc1-c1cc(F)c(NC(=O)c2cn3c(c(-c4ccc(F)cc4)c2=O)C(=O)NCCC3)cc1F. The van der Waals surface area contributed by atoms with E-state index >= 15 is 8.78 Å². The normalized spacial score (nSPS) is 15.0. The number of hydrogen-bond acceptors (Lipinski definition) is 7. The van der Waals surface area contributed by atoms with Crippen LogP contribution in [0, 0.1) is 17.5 Å². The lowest BCUT2D eigenvalue weighted by atomic mass is 9.99. The van der Waals surface area contributed by atoms with Crippen LogP contribution in [0.25, 0.3) is 33.4 Å². The van der Waals surface area contributed by atoms with Crippen LogP contribution in [0.1, 0.15) is 46.2 Å². The summed E-state index contributed by atoms with van der Waals surface area (Å²) >= 11 is 0. The molecule has 11 nitrogen and oxygen atoms in total. The predicted molar refractivity (Wildman–Crippen MR) is 177 cm³/mol. The van der Waals surface area contributed by atoms with Crippen molar-refractivity contribution >= 4 is 23.3 Å². The van der Waals surface area contributed by atoms with Crippen molar-refractivity contribution in [2.45, 2.75) is 31.8 Å². The van der Waals surface area contributed by atoms with E-state index in [9.17, 15) is 18.8 Å². The molecule has 0 unspecified atom stereocenters. The summed E-state index contributed by atoms with van der Waals surface area (Å²) in [6.45, 7) is 2.42. The van der Waals surface area contributed by atoms with Gasteiger partial charge in [-0.15, -0.1) is 0 Å².